The molecule has 2 aromatic carbocycles. The SMILES string of the molecule is NC1CC(Nc2ccc(Br)cc2Br)c2ccccc21. The van der Waals surface area contributed by atoms with E-state index in [4.69, 9.17) is 5.73 Å². The molecule has 0 amide bonds. The monoisotopic (exact) mass is 380 g/mol. The Labute approximate surface area is 129 Å². The van der Waals surface area contributed by atoms with Crippen molar-refractivity contribution in [3.63, 3.8) is 0 Å². The first-order valence-electron chi connectivity index (χ1n) is 6.21. The number of benzene rings is 2. The molecule has 2 nitrogen and oxygen atoms in total. The number of halogens is 2. The molecule has 0 radical (unpaired) electrons. The third kappa shape index (κ3) is 2.57. The minimum atomic E-state index is 0.128. The van der Waals surface area contributed by atoms with E-state index in [1.807, 2.05) is 12.1 Å². The molecule has 98 valence electrons. The smallest absolute Gasteiger partial charge is 0.0535 e. The fourth-order valence-electron chi connectivity index (χ4n) is 2.60. The third-order valence-electron chi connectivity index (χ3n) is 3.52. The van der Waals surface area contributed by atoms with Gasteiger partial charge >= 0.3 is 0 Å². The first-order valence-corrected chi connectivity index (χ1v) is 7.80. The molecule has 2 atom stereocenters. The highest BCUT2D eigenvalue weighted by Crippen LogP contribution is 2.40. The Bertz CT molecular complexity index is 613. The summed E-state index contributed by atoms with van der Waals surface area (Å²) in [6.07, 6.45) is 0.932. The zero-order chi connectivity index (χ0) is 13.4. The highest BCUT2D eigenvalue weighted by Gasteiger charge is 2.28. The van der Waals surface area contributed by atoms with Gasteiger partial charge in [-0.2, -0.15) is 0 Å². The highest BCUT2D eigenvalue weighted by atomic mass is 79.9. The molecule has 0 aromatic heterocycles. The van der Waals surface area contributed by atoms with Crippen molar-refractivity contribution in [3.8, 4) is 0 Å². The molecule has 3 N–H and O–H groups in total. The van der Waals surface area contributed by atoms with Gasteiger partial charge in [-0.25, -0.2) is 0 Å². The molecule has 4 heteroatoms. The van der Waals surface area contributed by atoms with Crippen molar-refractivity contribution in [1.82, 2.24) is 0 Å². The summed E-state index contributed by atoms with van der Waals surface area (Å²) in [7, 11) is 0. The number of anilines is 1. The largest absolute Gasteiger partial charge is 0.377 e. The Morgan fingerprint density at radius 2 is 1.79 bits per heavy atom. The second-order valence-electron chi connectivity index (χ2n) is 4.79. The van der Waals surface area contributed by atoms with E-state index in [-0.39, 0.29) is 12.1 Å². The summed E-state index contributed by atoms with van der Waals surface area (Å²) < 4.78 is 2.12. The third-order valence-corrected chi connectivity index (χ3v) is 4.67. The summed E-state index contributed by atoms with van der Waals surface area (Å²) in [6.45, 7) is 0. The molecule has 0 spiro atoms. The van der Waals surface area contributed by atoms with Crippen LogP contribution in [0.4, 0.5) is 5.69 Å². The molecule has 0 fully saturated rings. The maximum Gasteiger partial charge on any atom is 0.0535 e. The Balaban J connectivity index is 1.89. The van der Waals surface area contributed by atoms with Crippen LogP contribution in [-0.2, 0) is 0 Å². The zero-order valence-corrected chi connectivity index (χ0v) is 13.4. The number of fused-ring (bicyclic) bond motifs is 1. The number of nitrogens with one attached hydrogen (secondary N) is 1. The van der Waals surface area contributed by atoms with Crippen molar-refractivity contribution in [2.24, 2.45) is 5.73 Å². The topological polar surface area (TPSA) is 38.0 Å². The van der Waals surface area contributed by atoms with E-state index in [1.165, 1.54) is 11.1 Å². The van der Waals surface area contributed by atoms with E-state index >= 15 is 0 Å². The van der Waals surface area contributed by atoms with Gasteiger partial charge in [0, 0.05) is 20.7 Å². The molecule has 3 rings (SSSR count). The molecule has 2 aromatic rings. The first kappa shape index (κ1) is 13.2. The average Bonchev–Trinajstić information content (AvgIpc) is 2.71. The summed E-state index contributed by atoms with van der Waals surface area (Å²) >= 11 is 7.05. The van der Waals surface area contributed by atoms with Crippen LogP contribution in [0.5, 0.6) is 0 Å². The molecule has 0 bridgehead atoms. The first-order chi connectivity index (χ1) is 9.15. The number of rotatable bonds is 2. The van der Waals surface area contributed by atoms with Gasteiger partial charge in [-0.15, -0.1) is 0 Å². The zero-order valence-electron chi connectivity index (χ0n) is 10.2. The summed E-state index contributed by atoms with van der Waals surface area (Å²) in [6, 6.07) is 15.0. The predicted octanol–water partition coefficient (Wildman–Crippen LogP) is 4.77. The average molecular weight is 382 g/mol. The van der Waals surface area contributed by atoms with E-state index in [9.17, 15) is 0 Å². The van der Waals surface area contributed by atoms with Gasteiger partial charge in [0.2, 0.25) is 0 Å². The van der Waals surface area contributed by atoms with Gasteiger partial charge in [0.25, 0.3) is 0 Å². The van der Waals surface area contributed by atoms with Crippen molar-refractivity contribution < 1.29 is 0 Å². The highest BCUT2D eigenvalue weighted by molar-refractivity contribution is 9.11. The molecule has 1 aliphatic carbocycles. The summed E-state index contributed by atoms with van der Waals surface area (Å²) in [5.41, 5.74) is 9.86. The van der Waals surface area contributed by atoms with Crippen LogP contribution in [0.25, 0.3) is 0 Å². The molecular formula is C15H14Br2N2. The molecule has 1 aliphatic rings. The minimum Gasteiger partial charge on any atom is -0.377 e. The lowest BCUT2D eigenvalue weighted by Gasteiger charge is -2.17. The van der Waals surface area contributed by atoms with E-state index in [0.29, 0.717) is 0 Å². The van der Waals surface area contributed by atoms with Crippen LogP contribution < -0.4 is 11.1 Å². The van der Waals surface area contributed by atoms with Crippen LogP contribution in [0.1, 0.15) is 29.6 Å². The quantitative estimate of drug-likeness (QED) is 0.786. The van der Waals surface area contributed by atoms with Crippen molar-refractivity contribution in [3.05, 3.63) is 62.5 Å². The number of hydrogen-bond donors (Lipinski definition) is 2. The minimum absolute atomic E-state index is 0.128. The molecule has 19 heavy (non-hydrogen) atoms. The Kier molecular flexibility index (Phi) is 3.65. The van der Waals surface area contributed by atoms with Gasteiger partial charge in [0.15, 0.2) is 0 Å². The van der Waals surface area contributed by atoms with Crippen LogP contribution in [0.2, 0.25) is 0 Å². The summed E-state index contributed by atoms with van der Waals surface area (Å²) in [5, 5.41) is 3.58. The van der Waals surface area contributed by atoms with Crippen molar-refractivity contribution >= 4 is 37.5 Å². The molecule has 0 aliphatic heterocycles. The number of hydrogen-bond acceptors (Lipinski definition) is 2. The maximum atomic E-state index is 6.19. The lowest BCUT2D eigenvalue weighted by atomic mass is 10.1. The van der Waals surface area contributed by atoms with Gasteiger partial charge in [-0.3, -0.25) is 0 Å². The Morgan fingerprint density at radius 3 is 2.53 bits per heavy atom. The van der Waals surface area contributed by atoms with Gasteiger partial charge < -0.3 is 11.1 Å². The van der Waals surface area contributed by atoms with Crippen LogP contribution >= 0.6 is 31.9 Å². The van der Waals surface area contributed by atoms with Gasteiger partial charge in [0.1, 0.15) is 0 Å². The van der Waals surface area contributed by atoms with Gasteiger partial charge in [-0.1, -0.05) is 40.2 Å². The maximum absolute atomic E-state index is 6.19. The van der Waals surface area contributed by atoms with Crippen LogP contribution in [-0.4, -0.2) is 0 Å². The van der Waals surface area contributed by atoms with E-state index < -0.39 is 0 Å². The second-order valence-corrected chi connectivity index (χ2v) is 6.56. The van der Waals surface area contributed by atoms with E-state index in [2.05, 4.69) is 67.5 Å². The molecule has 0 saturated heterocycles. The standard InChI is InChI=1S/C15H14Br2N2/c16-9-5-6-14(12(17)7-9)19-15-8-13(18)10-3-1-2-4-11(10)15/h1-7,13,15,19H,8,18H2. The Morgan fingerprint density at radius 1 is 1.05 bits per heavy atom. The lowest BCUT2D eigenvalue weighted by Crippen LogP contribution is -2.10. The Hall–Kier alpha value is -0.840. The van der Waals surface area contributed by atoms with Crippen molar-refractivity contribution in [2.75, 3.05) is 5.32 Å². The summed E-state index contributed by atoms with van der Waals surface area (Å²) in [4.78, 5) is 0. The molecule has 2 unspecified atom stereocenters. The van der Waals surface area contributed by atoms with E-state index in [1.54, 1.807) is 0 Å². The van der Waals surface area contributed by atoms with Crippen molar-refractivity contribution in [1.29, 1.82) is 0 Å². The van der Waals surface area contributed by atoms with Gasteiger partial charge in [-0.05, 0) is 51.7 Å². The number of nitrogens with two attached hydrogens (primary N) is 1. The molecule has 0 saturated carbocycles. The fourth-order valence-corrected chi connectivity index (χ4v) is 3.77. The summed E-state index contributed by atoms with van der Waals surface area (Å²) in [5.74, 6) is 0. The van der Waals surface area contributed by atoms with Crippen LogP contribution in [0.3, 0.4) is 0 Å². The lowest BCUT2D eigenvalue weighted by molar-refractivity contribution is 0.648. The van der Waals surface area contributed by atoms with Crippen LogP contribution in [0, 0.1) is 0 Å². The second kappa shape index (κ2) is 5.27. The van der Waals surface area contributed by atoms with E-state index in [0.717, 1.165) is 21.1 Å². The van der Waals surface area contributed by atoms with Crippen LogP contribution in [0.15, 0.2) is 51.4 Å². The fraction of sp³-hybridized carbons (Fsp3) is 0.200. The molecular weight excluding hydrogens is 368 g/mol. The van der Waals surface area contributed by atoms with Crippen molar-refractivity contribution in [2.45, 2.75) is 18.5 Å². The normalized spacial score (nSPS) is 21.2. The predicted molar refractivity (Wildman–Crippen MR) is 86.2 cm³/mol. The van der Waals surface area contributed by atoms with Gasteiger partial charge in [0.05, 0.1) is 6.04 Å². The molecule has 0 heterocycles.